The van der Waals surface area contributed by atoms with Crippen LogP contribution in [-0.4, -0.2) is 67.4 Å². The maximum absolute atomic E-state index is 12.6. The number of nitrogens with one attached hydrogen (secondary N) is 2. The van der Waals surface area contributed by atoms with Crippen LogP contribution in [0.5, 0.6) is 0 Å². The van der Waals surface area contributed by atoms with Gasteiger partial charge in [-0.1, -0.05) is 29.8 Å². The zero-order chi connectivity index (χ0) is 19.6. The Hall–Kier alpha value is -2.57. The van der Waals surface area contributed by atoms with Gasteiger partial charge in [0.15, 0.2) is 0 Å². The summed E-state index contributed by atoms with van der Waals surface area (Å²) in [5.41, 5.74) is 2.30. The predicted molar refractivity (Wildman–Crippen MR) is 102 cm³/mol. The molecule has 146 valence electrons. The highest BCUT2D eigenvalue weighted by atomic mass is 16.2. The lowest BCUT2D eigenvalue weighted by Crippen LogP contribution is -2.44. The zero-order valence-electron chi connectivity index (χ0n) is 16.2. The predicted octanol–water partition coefficient (Wildman–Crippen LogP) is 1.09. The van der Waals surface area contributed by atoms with Crippen LogP contribution in [0.15, 0.2) is 24.3 Å². The van der Waals surface area contributed by atoms with Crippen LogP contribution in [-0.2, 0) is 9.59 Å². The molecule has 0 bridgehead atoms. The van der Waals surface area contributed by atoms with Gasteiger partial charge >= 0.3 is 6.03 Å². The summed E-state index contributed by atoms with van der Waals surface area (Å²) >= 11 is 0. The molecule has 1 aliphatic heterocycles. The summed E-state index contributed by atoms with van der Waals surface area (Å²) in [5.74, 6) is 0.146. The van der Waals surface area contributed by atoms with E-state index in [-0.39, 0.29) is 42.3 Å². The normalized spacial score (nSPS) is 21.7. The van der Waals surface area contributed by atoms with Crippen LogP contribution in [0.4, 0.5) is 4.79 Å². The maximum atomic E-state index is 12.6. The van der Waals surface area contributed by atoms with Crippen molar-refractivity contribution in [2.75, 3.05) is 33.7 Å². The van der Waals surface area contributed by atoms with Gasteiger partial charge in [-0.3, -0.25) is 9.59 Å². The molecule has 1 aromatic rings. The lowest BCUT2D eigenvalue weighted by molar-refractivity contribution is -0.129. The van der Waals surface area contributed by atoms with Crippen molar-refractivity contribution in [3.8, 4) is 0 Å². The van der Waals surface area contributed by atoms with Crippen molar-refractivity contribution in [1.82, 2.24) is 20.4 Å². The van der Waals surface area contributed by atoms with E-state index in [4.69, 9.17) is 0 Å². The van der Waals surface area contributed by atoms with Crippen LogP contribution >= 0.6 is 0 Å². The molecular formula is C20H28N4O3. The van der Waals surface area contributed by atoms with Gasteiger partial charge in [0.2, 0.25) is 11.8 Å². The Bertz CT molecular complexity index is 712. The summed E-state index contributed by atoms with van der Waals surface area (Å²) in [6, 6.07) is 7.84. The third kappa shape index (κ3) is 4.78. The molecule has 3 rings (SSSR count). The standard InChI is InChI=1S/C20H28N4O3/c1-13-4-6-14(7-5-13)16-11-24(18(25)10-21-20(27)23(2)3)12-17(16)22-19(26)15-8-9-15/h4-7,15-17H,8-12H2,1-3H3,(H,21,27)(H,22,26)/t16-,17+/m1/s1. The van der Waals surface area contributed by atoms with Crippen molar-refractivity contribution in [2.24, 2.45) is 5.92 Å². The second-order valence-electron chi connectivity index (χ2n) is 7.76. The number of carbonyl (C=O) groups is 3. The number of urea groups is 1. The Morgan fingerprint density at radius 1 is 1.11 bits per heavy atom. The molecule has 1 saturated heterocycles. The Morgan fingerprint density at radius 2 is 1.78 bits per heavy atom. The van der Waals surface area contributed by atoms with Crippen LogP contribution in [0, 0.1) is 12.8 Å². The lowest BCUT2D eigenvalue weighted by Gasteiger charge is -2.20. The van der Waals surface area contributed by atoms with Crippen LogP contribution < -0.4 is 10.6 Å². The van der Waals surface area contributed by atoms with E-state index in [1.54, 1.807) is 19.0 Å². The summed E-state index contributed by atoms with van der Waals surface area (Å²) in [6.07, 6.45) is 1.90. The summed E-state index contributed by atoms with van der Waals surface area (Å²) in [4.78, 5) is 39.6. The Kier molecular flexibility index (Phi) is 5.68. The van der Waals surface area contributed by atoms with E-state index in [0.717, 1.165) is 18.4 Å². The van der Waals surface area contributed by atoms with E-state index >= 15 is 0 Å². The van der Waals surface area contributed by atoms with Gasteiger partial charge in [0.1, 0.15) is 0 Å². The summed E-state index contributed by atoms with van der Waals surface area (Å²) < 4.78 is 0. The number of hydrogen-bond donors (Lipinski definition) is 2. The maximum Gasteiger partial charge on any atom is 0.317 e. The first-order valence-electron chi connectivity index (χ1n) is 9.45. The quantitative estimate of drug-likeness (QED) is 0.812. The molecule has 4 amide bonds. The highest BCUT2D eigenvalue weighted by Gasteiger charge is 2.39. The van der Waals surface area contributed by atoms with Gasteiger partial charge in [-0.25, -0.2) is 4.79 Å². The summed E-state index contributed by atoms with van der Waals surface area (Å²) in [6.45, 7) is 3.00. The number of rotatable bonds is 5. The fraction of sp³-hybridized carbons (Fsp3) is 0.550. The van der Waals surface area contributed by atoms with E-state index in [9.17, 15) is 14.4 Å². The fourth-order valence-electron chi connectivity index (χ4n) is 3.37. The van der Waals surface area contributed by atoms with Crippen molar-refractivity contribution >= 4 is 17.8 Å². The number of carbonyl (C=O) groups excluding carboxylic acids is 3. The molecule has 1 saturated carbocycles. The van der Waals surface area contributed by atoms with Gasteiger partial charge in [0, 0.05) is 39.0 Å². The molecule has 27 heavy (non-hydrogen) atoms. The molecule has 0 unspecified atom stereocenters. The second-order valence-corrected chi connectivity index (χ2v) is 7.76. The zero-order valence-corrected chi connectivity index (χ0v) is 16.2. The Balaban J connectivity index is 1.68. The molecular weight excluding hydrogens is 344 g/mol. The molecule has 0 spiro atoms. The van der Waals surface area contributed by atoms with Crippen molar-refractivity contribution in [3.05, 3.63) is 35.4 Å². The van der Waals surface area contributed by atoms with E-state index in [2.05, 4.69) is 34.9 Å². The minimum Gasteiger partial charge on any atom is -0.351 e. The van der Waals surface area contributed by atoms with Gasteiger partial charge in [-0.2, -0.15) is 0 Å². The number of likely N-dealkylation sites (tertiary alicyclic amines) is 1. The molecule has 7 nitrogen and oxygen atoms in total. The molecule has 1 heterocycles. The van der Waals surface area contributed by atoms with Gasteiger partial charge < -0.3 is 20.4 Å². The minimum absolute atomic E-state index is 0.0408. The number of nitrogens with zero attached hydrogens (tertiary/aromatic N) is 2. The topological polar surface area (TPSA) is 81.8 Å². The van der Waals surface area contributed by atoms with Crippen LogP contribution in [0.2, 0.25) is 0 Å². The number of amides is 4. The van der Waals surface area contributed by atoms with Gasteiger partial charge in [-0.05, 0) is 25.3 Å². The molecule has 2 aliphatic rings. The molecule has 7 heteroatoms. The lowest BCUT2D eigenvalue weighted by atomic mass is 9.93. The molecule has 1 aliphatic carbocycles. The van der Waals surface area contributed by atoms with Gasteiger partial charge in [0.05, 0.1) is 12.6 Å². The number of hydrogen-bond acceptors (Lipinski definition) is 3. The van der Waals surface area contributed by atoms with Crippen LogP contribution in [0.25, 0.3) is 0 Å². The first-order chi connectivity index (χ1) is 12.8. The largest absolute Gasteiger partial charge is 0.351 e. The molecule has 2 fully saturated rings. The molecule has 2 atom stereocenters. The fourth-order valence-corrected chi connectivity index (χ4v) is 3.37. The van der Waals surface area contributed by atoms with Crippen LogP contribution in [0.3, 0.4) is 0 Å². The monoisotopic (exact) mass is 372 g/mol. The van der Waals surface area contributed by atoms with E-state index in [0.29, 0.717) is 13.1 Å². The van der Waals surface area contributed by atoms with E-state index < -0.39 is 0 Å². The summed E-state index contributed by atoms with van der Waals surface area (Å²) in [5, 5.41) is 5.76. The van der Waals surface area contributed by atoms with Crippen molar-refractivity contribution in [1.29, 1.82) is 0 Å². The highest BCUT2D eigenvalue weighted by molar-refractivity contribution is 5.85. The number of benzene rings is 1. The highest BCUT2D eigenvalue weighted by Crippen LogP contribution is 2.32. The third-order valence-electron chi connectivity index (χ3n) is 5.25. The Morgan fingerprint density at radius 3 is 2.37 bits per heavy atom. The average Bonchev–Trinajstić information content (AvgIpc) is 3.41. The SMILES string of the molecule is Cc1ccc([C@H]2CN(C(=O)CNC(=O)N(C)C)C[C@@H]2NC(=O)C2CC2)cc1. The smallest absolute Gasteiger partial charge is 0.317 e. The number of aryl methyl sites for hydroxylation is 1. The third-order valence-corrected chi connectivity index (χ3v) is 5.25. The first-order valence-corrected chi connectivity index (χ1v) is 9.45. The Labute approximate surface area is 160 Å². The van der Waals surface area contributed by atoms with Crippen molar-refractivity contribution in [3.63, 3.8) is 0 Å². The van der Waals surface area contributed by atoms with E-state index in [1.807, 2.05) is 6.92 Å². The van der Waals surface area contributed by atoms with Crippen LogP contribution in [0.1, 0.15) is 29.9 Å². The van der Waals surface area contributed by atoms with Crippen molar-refractivity contribution < 1.29 is 14.4 Å². The van der Waals surface area contributed by atoms with Gasteiger partial charge in [-0.15, -0.1) is 0 Å². The molecule has 2 N–H and O–H groups in total. The molecule has 1 aromatic carbocycles. The molecule has 0 radical (unpaired) electrons. The van der Waals surface area contributed by atoms with E-state index in [1.165, 1.54) is 10.5 Å². The first kappa shape index (κ1) is 19.2. The van der Waals surface area contributed by atoms with Gasteiger partial charge in [0.25, 0.3) is 0 Å². The minimum atomic E-state index is -0.295. The second kappa shape index (κ2) is 7.98. The summed E-state index contributed by atoms with van der Waals surface area (Å²) in [7, 11) is 3.26. The van der Waals surface area contributed by atoms with Crippen molar-refractivity contribution in [2.45, 2.75) is 31.7 Å². The molecule has 0 aromatic heterocycles. The average molecular weight is 372 g/mol.